The molecular formula is C21H17ClF6O3. The summed E-state index contributed by atoms with van der Waals surface area (Å²) in [5.41, 5.74) is -1.23. The number of alkyl halides is 6. The molecule has 3 nitrogen and oxygen atoms in total. The van der Waals surface area contributed by atoms with E-state index in [2.05, 4.69) is 0 Å². The van der Waals surface area contributed by atoms with Crippen LogP contribution >= 0.6 is 11.6 Å². The highest BCUT2D eigenvalue weighted by Crippen LogP contribution is 2.47. The second kappa shape index (κ2) is 8.61. The Morgan fingerprint density at radius 2 is 1.61 bits per heavy atom. The lowest BCUT2D eigenvalue weighted by Crippen LogP contribution is -2.26. The molecule has 0 saturated heterocycles. The average molecular weight is 467 g/mol. The molecule has 1 aliphatic rings. The van der Waals surface area contributed by atoms with Crippen molar-refractivity contribution in [2.45, 2.75) is 43.6 Å². The Morgan fingerprint density at radius 3 is 2.13 bits per heavy atom. The summed E-state index contributed by atoms with van der Waals surface area (Å²) >= 11 is 6.24. The summed E-state index contributed by atoms with van der Waals surface area (Å²) < 4.78 is 87.1. The van der Waals surface area contributed by atoms with E-state index in [1.54, 1.807) is 0 Å². The highest BCUT2D eigenvalue weighted by Gasteiger charge is 2.39. The van der Waals surface area contributed by atoms with E-state index in [4.69, 9.17) is 21.1 Å². The van der Waals surface area contributed by atoms with Gasteiger partial charge < -0.3 is 9.47 Å². The highest BCUT2D eigenvalue weighted by molar-refractivity contribution is 6.32. The standard InChI is InChI=1S/C21H17ClF6O3/c22-17-10-15(19(31-12-29)7-1-2-8-19)9-16(18(17)30-11-20(23,24)25)13-3-5-14(6-4-13)21(26,27)28/h3-6,9-10,12H,1-2,7-8,11H2. The second-order valence-corrected chi connectivity index (χ2v) is 7.64. The predicted molar refractivity (Wildman–Crippen MR) is 101 cm³/mol. The van der Waals surface area contributed by atoms with Crippen molar-refractivity contribution in [3.05, 3.63) is 52.5 Å². The summed E-state index contributed by atoms with van der Waals surface area (Å²) in [6, 6.07) is 6.71. The summed E-state index contributed by atoms with van der Waals surface area (Å²) in [6.45, 7) is -1.33. The number of halogens is 7. The van der Waals surface area contributed by atoms with E-state index >= 15 is 0 Å². The Bertz CT molecular complexity index is 932. The minimum absolute atomic E-state index is 0.0706. The molecule has 168 valence electrons. The summed E-state index contributed by atoms with van der Waals surface area (Å²) in [5.74, 6) is -0.318. The molecular weight excluding hydrogens is 450 g/mol. The Labute approximate surface area is 178 Å². The van der Waals surface area contributed by atoms with Crippen molar-refractivity contribution in [3.63, 3.8) is 0 Å². The number of ether oxygens (including phenoxy) is 2. The van der Waals surface area contributed by atoms with Crippen LogP contribution in [0.3, 0.4) is 0 Å². The zero-order valence-electron chi connectivity index (χ0n) is 15.9. The maximum Gasteiger partial charge on any atom is 0.422 e. The Kier molecular flexibility index (Phi) is 6.45. The molecule has 10 heteroatoms. The number of carbonyl (C=O) groups is 1. The van der Waals surface area contributed by atoms with Crippen LogP contribution in [0.1, 0.15) is 36.8 Å². The van der Waals surface area contributed by atoms with Gasteiger partial charge in [-0.3, -0.25) is 4.79 Å². The van der Waals surface area contributed by atoms with Crippen molar-refractivity contribution < 1.29 is 40.6 Å². The SMILES string of the molecule is O=COC1(c2cc(Cl)c(OCC(F)(F)F)c(-c3ccc(C(F)(F)F)cc3)c2)CCCC1. The lowest BCUT2D eigenvalue weighted by Gasteiger charge is -2.29. The Morgan fingerprint density at radius 1 is 1.00 bits per heavy atom. The molecule has 0 bridgehead atoms. The Balaban J connectivity index is 2.12. The molecule has 31 heavy (non-hydrogen) atoms. The average Bonchev–Trinajstić information content (AvgIpc) is 3.15. The molecule has 0 aliphatic heterocycles. The minimum atomic E-state index is -4.65. The van der Waals surface area contributed by atoms with Gasteiger partial charge >= 0.3 is 12.4 Å². The fraction of sp³-hybridized carbons (Fsp3) is 0.381. The molecule has 1 aliphatic carbocycles. The smallest absolute Gasteiger partial charge is 0.422 e. The first-order valence-corrected chi connectivity index (χ1v) is 9.66. The number of carbonyl (C=O) groups excluding carboxylic acids is 1. The first-order valence-electron chi connectivity index (χ1n) is 9.28. The lowest BCUT2D eigenvalue weighted by atomic mass is 9.89. The Hall–Kier alpha value is -2.42. The molecule has 0 heterocycles. The van der Waals surface area contributed by atoms with Crippen LogP contribution in [0, 0.1) is 0 Å². The van der Waals surface area contributed by atoms with E-state index in [1.165, 1.54) is 12.1 Å². The van der Waals surface area contributed by atoms with Crippen LogP contribution in [0.2, 0.25) is 5.02 Å². The van der Waals surface area contributed by atoms with Gasteiger partial charge in [-0.15, -0.1) is 0 Å². The molecule has 1 fully saturated rings. The lowest BCUT2D eigenvalue weighted by molar-refractivity contribution is -0.153. The number of rotatable bonds is 6. The third-order valence-corrected chi connectivity index (χ3v) is 5.44. The van der Waals surface area contributed by atoms with E-state index in [0.717, 1.165) is 37.1 Å². The van der Waals surface area contributed by atoms with Gasteiger partial charge in [-0.25, -0.2) is 0 Å². The minimum Gasteiger partial charge on any atom is -0.482 e. The van der Waals surface area contributed by atoms with Crippen molar-refractivity contribution in [2.24, 2.45) is 0 Å². The zero-order valence-corrected chi connectivity index (χ0v) is 16.7. The van der Waals surface area contributed by atoms with Crippen LogP contribution in [0.5, 0.6) is 5.75 Å². The number of benzene rings is 2. The summed E-state index contributed by atoms with van der Waals surface area (Å²) in [6.07, 6.45) is -6.73. The van der Waals surface area contributed by atoms with Gasteiger partial charge in [0.1, 0.15) is 11.4 Å². The van der Waals surface area contributed by atoms with Crippen molar-refractivity contribution in [1.29, 1.82) is 0 Å². The topological polar surface area (TPSA) is 35.5 Å². The normalized spacial score (nSPS) is 16.2. The molecule has 0 spiro atoms. The van der Waals surface area contributed by atoms with Gasteiger partial charge in [-0.2, -0.15) is 26.3 Å². The first-order chi connectivity index (χ1) is 14.5. The zero-order chi connectivity index (χ0) is 22.9. The second-order valence-electron chi connectivity index (χ2n) is 7.23. The number of hydrogen-bond donors (Lipinski definition) is 0. The van der Waals surface area contributed by atoms with Gasteiger partial charge in [-0.1, -0.05) is 23.7 Å². The quantitative estimate of drug-likeness (QED) is 0.343. The van der Waals surface area contributed by atoms with Gasteiger partial charge in [0.2, 0.25) is 0 Å². The summed E-state index contributed by atoms with van der Waals surface area (Å²) in [4.78, 5) is 11.1. The van der Waals surface area contributed by atoms with Crippen molar-refractivity contribution in [2.75, 3.05) is 6.61 Å². The molecule has 0 unspecified atom stereocenters. The maximum atomic E-state index is 12.9. The van der Waals surface area contributed by atoms with Crippen LogP contribution in [0.15, 0.2) is 36.4 Å². The highest BCUT2D eigenvalue weighted by atomic mass is 35.5. The number of hydrogen-bond acceptors (Lipinski definition) is 3. The molecule has 0 amide bonds. The van der Waals surface area contributed by atoms with E-state index in [-0.39, 0.29) is 21.9 Å². The molecule has 1 saturated carbocycles. The summed E-state index contributed by atoms with van der Waals surface area (Å²) in [5, 5.41) is -0.169. The largest absolute Gasteiger partial charge is 0.482 e. The van der Waals surface area contributed by atoms with Crippen LogP contribution in [0.4, 0.5) is 26.3 Å². The van der Waals surface area contributed by atoms with Gasteiger partial charge in [-0.05, 0) is 61.1 Å². The van der Waals surface area contributed by atoms with Gasteiger partial charge in [0.15, 0.2) is 6.61 Å². The van der Waals surface area contributed by atoms with Crippen LogP contribution in [-0.2, 0) is 21.3 Å². The van der Waals surface area contributed by atoms with Gasteiger partial charge in [0.05, 0.1) is 10.6 Å². The van der Waals surface area contributed by atoms with Gasteiger partial charge in [0.25, 0.3) is 6.47 Å². The van der Waals surface area contributed by atoms with Crippen LogP contribution < -0.4 is 4.74 Å². The van der Waals surface area contributed by atoms with Crippen LogP contribution in [-0.4, -0.2) is 19.3 Å². The third kappa shape index (κ3) is 5.26. The van der Waals surface area contributed by atoms with Crippen molar-refractivity contribution in [1.82, 2.24) is 0 Å². The first kappa shape index (κ1) is 23.2. The molecule has 3 rings (SSSR count). The molecule has 0 aromatic heterocycles. The van der Waals surface area contributed by atoms with E-state index in [1.807, 2.05) is 0 Å². The monoisotopic (exact) mass is 466 g/mol. The molecule has 0 radical (unpaired) electrons. The van der Waals surface area contributed by atoms with Gasteiger partial charge in [0, 0.05) is 5.56 Å². The molecule has 0 atom stereocenters. The van der Waals surface area contributed by atoms with E-state index in [0.29, 0.717) is 24.9 Å². The maximum absolute atomic E-state index is 12.9. The third-order valence-electron chi connectivity index (χ3n) is 5.16. The molecule has 0 N–H and O–H groups in total. The van der Waals surface area contributed by atoms with Crippen LogP contribution in [0.25, 0.3) is 11.1 Å². The van der Waals surface area contributed by atoms with E-state index in [9.17, 15) is 31.1 Å². The predicted octanol–water partition coefficient (Wildman–Crippen LogP) is 6.91. The molecule has 2 aromatic carbocycles. The van der Waals surface area contributed by atoms with Crippen molar-refractivity contribution >= 4 is 18.1 Å². The fourth-order valence-electron chi connectivity index (χ4n) is 3.72. The summed E-state index contributed by atoms with van der Waals surface area (Å²) in [7, 11) is 0. The molecule has 2 aromatic rings. The fourth-order valence-corrected chi connectivity index (χ4v) is 4.00. The van der Waals surface area contributed by atoms with Crippen molar-refractivity contribution in [3.8, 4) is 16.9 Å². The van der Waals surface area contributed by atoms with E-state index < -0.39 is 30.1 Å².